The Morgan fingerprint density at radius 2 is 1.41 bits per heavy atom. The van der Waals surface area contributed by atoms with E-state index < -0.39 is 5.41 Å². The molecular weight excluding hydrogens is 568 g/mol. The van der Waals surface area contributed by atoms with E-state index in [9.17, 15) is 4.79 Å². The van der Waals surface area contributed by atoms with Gasteiger partial charge < -0.3 is 14.9 Å². The van der Waals surface area contributed by atoms with Crippen LogP contribution in [-0.2, 0) is 9.53 Å². The van der Waals surface area contributed by atoms with Gasteiger partial charge in [0.25, 0.3) is 0 Å². The number of rotatable bonds is 9. The molecule has 5 unspecified atom stereocenters. The molecule has 0 bridgehead atoms. The van der Waals surface area contributed by atoms with Crippen LogP contribution in [0.5, 0.6) is 0 Å². The number of hydrogen-bond donors (Lipinski definition) is 2. The number of esters is 1. The third kappa shape index (κ3) is 8.57. The first-order chi connectivity index (χ1) is 20.8. The molecule has 2 N–H and O–H groups in total. The predicted molar refractivity (Wildman–Crippen MR) is 195 cm³/mol. The van der Waals surface area contributed by atoms with Gasteiger partial charge in [0.05, 0.1) is 18.6 Å². The van der Waals surface area contributed by atoms with Crippen LogP contribution in [0.2, 0.25) is 0 Å². The Bertz CT molecular complexity index is 930. The molecular formula is C42H80O4. The highest BCUT2D eigenvalue weighted by Crippen LogP contribution is 2.68. The molecule has 0 radical (unpaired) electrons. The van der Waals surface area contributed by atoms with Gasteiger partial charge in [-0.05, 0) is 143 Å². The summed E-state index contributed by atoms with van der Waals surface area (Å²) in [6.07, 6.45) is 17.3. The average Bonchev–Trinajstić information content (AvgIpc) is 3.30. The van der Waals surface area contributed by atoms with Crippen molar-refractivity contribution in [2.24, 2.45) is 68.5 Å². The van der Waals surface area contributed by atoms with E-state index >= 15 is 0 Å². The number of ether oxygens (including phenoxy) is 1. The highest BCUT2D eigenvalue weighted by molar-refractivity contribution is 5.75. The minimum atomic E-state index is -0.392. The fraction of sp³-hybridized carbons (Fsp3) is 0.976. The van der Waals surface area contributed by atoms with E-state index in [1.807, 2.05) is 48.5 Å². The lowest BCUT2D eigenvalue weighted by Gasteiger charge is -2.61. The molecule has 0 aromatic heterocycles. The second-order valence-corrected chi connectivity index (χ2v) is 19.4. The van der Waals surface area contributed by atoms with Crippen molar-refractivity contribution >= 4 is 5.97 Å². The zero-order chi connectivity index (χ0) is 34.0. The molecule has 4 aliphatic carbocycles. The lowest BCUT2D eigenvalue weighted by molar-refractivity contribution is -0.170. The average molecular weight is 649 g/mol. The van der Waals surface area contributed by atoms with Gasteiger partial charge in [-0.2, -0.15) is 0 Å². The number of fused-ring (bicyclic) bond motifs is 5. The Labute approximate surface area is 287 Å². The van der Waals surface area contributed by atoms with Crippen molar-refractivity contribution in [3.05, 3.63) is 0 Å². The quantitative estimate of drug-likeness (QED) is 0.244. The second-order valence-electron chi connectivity index (χ2n) is 19.4. The van der Waals surface area contributed by atoms with Crippen LogP contribution in [-0.4, -0.2) is 35.5 Å². The molecule has 272 valence electrons. The van der Waals surface area contributed by atoms with Gasteiger partial charge in [0.1, 0.15) is 6.10 Å². The first kappa shape index (κ1) is 41.6. The highest BCUT2D eigenvalue weighted by Gasteiger charge is 2.60. The van der Waals surface area contributed by atoms with E-state index in [2.05, 4.69) is 34.6 Å². The minimum Gasteiger partial charge on any atom is -0.462 e. The number of carbonyl (C=O) groups is 1. The molecule has 4 aliphatic rings. The van der Waals surface area contributed by atoms with Gasteiger partial charge in [-0.1, -0.05) is 89.0 Å². The van der Waals surface area contributed by atoms with Crippen molar-refractivity contribution in [3.63, 3.8) is 0 Å². The van der Waals surface area contributed by atoms with Crippen LogP contribution in [0.25, 0.3) is 0 Å². The number of hydrogen-bond acceptors (Lipinski definition) is 4. The van der Waals surface area contributed by atoms with Gasteiger partial charge in [-0.15, -0.1) is 0 Å². The maximum Gasteiger partial charge on any atom is 0.311 e. The monoisotopic (exact) mass is 649 g/mol. The van der Waals surface area contributed by atoms with Gasteiger partial charge in [0.15, 0.2) is 0 Å². The molecule has 0 spiro atoms. The standard InChI is InChI=1S/C32H56O2.C9H20O2.CH4/c1-21(2)10-9-11-22(3)26-14-15-27-25-13-12-23-20-24(34-29(33)30(4,5)6)16-18-31(23,7)28(25)17-19-32(26,27)8;1-5-9(6-10,7-11)8(2,3)4;/h21-28H,9-20H2,1-8H3;10-11H,5-7H2,1-4H3;1H4/t22-,23?,24+,25?,26?,27?,28?,31+,32-;;/m1../s1. The molecule has 0 heterocycles. The van der Waals surface area contributed by atoms with Crippen LogP contribution in [0.3, 0.4) is 0 Å². The van der Waals surface area contributed by atoms with E-state index in [0.29, 0.717) is 10.8 Å². The predicted octanol–water partition coefficient (Wildman–Crippen LogP) is 11.1. The van der Waals surface area contributed by atoms with E-state index in [-0.39, 0.29) is 43.5 Å². The van der Waals surface area contributed by atoms with Crippen molar-refractivity contribution in [1.29, 1.82) is 0 Å². The largest absolute Gasteiger partial charge is 0.462 e. The van der Waals surface area contributed by atoms with Gasteiger partial charge in [-0.25, -0.2) is 0 Å². The van der Waals surface area contributed by atoms with Crippen molar-refractivity contribution in [1.82, 2.24) is 0 Å². The van der Waals surface area contributed by atoms with E-state index in [1.54, 1.807) is 0 Å². The van der Waals surface area contributed by atoms with Gasteiger partial charge in [0, 0.05) is 5.41 Å². The molecule has 4 rings (SSSR count). The summed E-state index contributed by atoms with van der Waals surface area (Å²) in [5.74, 6) is 6.23. The third-order valence-electron chi connectivity index (χ3n) is 14.6. The minimum absolute atomic E-state index is 0. The lowest BCUT2D eigenvalue weighted by Crippen LogP contribution is -2.54. The molecule has 4 saturated carbocycles. The Morgan fingerprint density at radius 1 is 0.826 bits per heavy atom. The van der Waals surface area contributed by atoms with Crippen molar-refractivity contribution in [2.75, 3.05) is 13.2 Å². The van der Waals surface area contributed by atoms with Gasteiger partial charge >= 0.3 is 5.97 Å². The number of carbonyl (C=O) groups excluding carboxylic acids is 1. The van der Waals surface area contributed by atoms with Crippen LogP contribution in [0.4, 0.5) is 0 Å². The lowest BCUT2D eigenvalue weighted by atomic mass is 9.44. The molecule has 0 saturated heterocycles. The van der Waals surface area contributed by atoms with E-state index in [1.165, 1.54) is 64.2 Å². The molecule has 0 aromatic carbocycles. The molecule has 0 aromatic rings. The first-order valence-corrected chi connectivity index (χ1v) is 19.2. The summed E-state index contributed by atoms with van der Waals surface area (Å²) in [5, 5.41) is 18.3. The summed E-state index contributed by atoms with van der Waals surface area (Å²) in [6.45, 7) is 26.9. The number of aliphatic hydroxyl groups is 2. The van der Waals surface area contributed by atoms with Gasteiger partial charge in [-0.3, -0.25) is 4.79 Å². The summed E-state index contributed by atoms with van der Waals surface area (Å²) in [6, 6.07) is 0. The van der Waals surface area contributed by atoms with Crippen molar-refractivity contribution in [2.45, 2.75) is 180 Å². The zero-order valence-electron chi connectivity index (χ0n) is 31.9. The first-order valence-electron chi connectivity index (χ1n) is 19.2. The SMILES string of the molecule is C.CC(C)CCC[C@@H](C)C1CCC2C3CCC4C[C@@H](OC(=O)C(C)(C)C)CC[C@]4(C)C3CC[C@@]21C.CCC(CO)(CO)C(C)(C)C. The molecule has 9 atom stereocenters. The Balaban J connectivity index is 0.000000528. The maximum absolute atomic E-state index is 12.5. The van der Waals surface area contributed by atoms with Crippen LogP contribution >= 0.6 is 0 Å². The van der Waals surface area contributed by atoms with Crippen LogP contribution in [0.15, 0.2) is 0 Å². The topological polar surface area (TPSA) is 66.8 Å². The van der Waals surface area contributed by atoms with Gasteiger partial charge in [0.2, 0.25) is 0 Å². The smallest absolute Gasteiger partial charge is 0.311 e. The molecule has 4 nitrogen and oxygen atoms in total. The summed E-state index contributed by atoms with van der Waals surface area (Å²) in [5.41, 5.74) is 0.298. The molecule has 0 amide bonds. The van der Waals surface area contributed by atoms with E-state index in [4.69, 9.17) is 14.9 Å². The number of aliphatic hydroxyl groups excluding tert-OH is 2. The Morgan fingerprint density at radius 3 is 1.91 bits per heavy atom. The van der Waals surface area contributed by atoms with Crippen molar-refractivity contribution in [3.8, 4) is 0 Å². The van der Waals surface area contributed by atoms with Crippen molar-refractivity contribution < 1.29 is 19.7 Å². The summed E-state index contributed by atoms with van der Waals surface area (Å²) in [4.78, 5) is 12.5. The summed E-state index contributed by atoms with van der Waals surface area (Å²) in [7, 11) is 0. The molecule has 4 fully saturated rings. The zero-order valence-corrected chi connectivity index (χ0v) is 31.9. The highest BCUT2D eigenvalue weighted by atomic mass is 16.5. The molecule has 46 heavy (non-hydrogen) atoms. The summed E-state index contributed by atoms with van der Waals surface area (Å²) < 4.78 is 6.02. The van der Waals surface area contributed by atoms with E-state index in [0.717, 1.165) is 60.7 Å². The normalized spacial score (nSPS) is 35.1. The van der Waals surface area contributed by atoms with Crippen LogP contribution < -0.4 is 0 Å². The summed E-state index contributed by atoms with van der Waals surface area (Å²) >= 11 is 0. The maximum atomic E-state index is 12.5. The fourth-order valence-corrected chi connectivity index (χ4v) is 11.0. The molecule has 4 heteroatoms. The van der Waals surface area contributed by atoms with Crippen LogP contribution in [0.1, 0.15) is 174 Å². The second kappa shape index (κ2) is 15.9. The van der Waals surface area contributed by atoms with Crippen LogP contribution in [0, 0.1) is 68.5 Å². The third-order valence-corrected chi connectivity index (χ3v) is 14.6. The molecule has 0 aliphatic heterocycles. The fourth-order valence-electron chi connectivity index (χ4n) is 11.0. The Hall–Kier alpha value is -0.610. The Kier molecular flexibility index (Phi) is 14.4.